The number of carbonyl (C=O) groups excluding carboxylic acids is 1. The van der Waals surface area contributed by atoms with Gasteiger partial charge in [-0.05, 0) is 45.1 Å². The molecule has 1 amide bonds. The van der Waals surface area contributed by atoms with E-state index >= 15 is 0 Å². The van der Waals surface area contributed by atoms with Crippen molar-refractivity contribution >= 4 is 38.9 Å². The van der Waals surface area contributed by atoms with E-state index in [-0.39, 0.29) is 5.91 Å². The minimum absolute atomic E-state index is 0.000833. The zero-order chi connectivity index (χ0) is 13.0. The molecule has 5 heteroatoms. The second-order valence-corrected chi connectivity index (χ2v) is 5.75. The van der Waals surface area contributed by atoms with Crippen LogP contribution in [0.1, 0.15) is 10.4 Å². The van der Waals surface area contributed by atoms with Crippen molar-refractivity contribution in [1.82, 2.24) is 5.32 Å². The fourth-order valence-electron chi connectivity index (χ4n) is 1.58. The lowest BCUT2D eigenvalue weighted by molar-refractivity contribution is -0.120. The Morgan fingerprint density at radius 1 is 1.39 bits per heavy atom. The third kappa shape index (κ3) is 3.58. The third-order valence-electron chi connectivity index (χ3n) is 2.45. The lowest BCUT2D eigenvalue weighted by Gasteiger charge is -2.05. The molecule has 0 aliphatic rings. The number of thiophene rings is 1. The maximum absolute atomic E-state index is 11.8. The standard InChI is InChI=1S/C13H13BrN2OS/c14-11-4-5-18-12(11)8-16-13(17)7-9-2-1-3-10(15)6-9/h1-6H,7-8,15H2,(H,16,17). The van der Waals surface area contributed by atoms with Crippen molar-refractivity contribution in [3.05, 3.63) is 50.6 Å². The van der Waals surface area contributed by atoms with E-state index in [1.807, 2.05) is 35.7 Å². The van der Waals surface area contributed by atoms with Crippen molar-refractivity contribution in [2.24, 2.45) is 0 Å². The van der Waals surface area contributed by atoms with Crippen LogP contribution in [0.25, 0.3) is 0 Å². The van der Waals surface area contributed by atoms with Gasteiger partial charge in [-0.15, -0.1) is 11.3 Å². The predicted octanol–water partition coefficient (Wildman–Crippen LogP) is 2.95. The van der Waals surface area contributed by atoms with Gasteiger partial charge in [-0.2, -0.15) is 0 Å². The molecule has 0 unspecified atom stereocenters. The lowest BCUT2D eigenvalue weighted by Crippen LogP contribution is -2.24. The van der Waals surface area contributed by atoms with E-state index in [1.165, 1.54) is 0 Å². The average molecular weight is 325 g/mol. The molecule has 0 bridgehead atoms. The van der Waals surface area contributed by atoms with Gasteiger partial charge in [-0.25, -0.2) is 0 Å². The fourth-order valence-corrected chi connectivity index (χ4v) is 3.01. The van der Waals surface area contributed by atoms with Gasteiger partial charge in [-0.1, -0.05) is 12.1 Å². The summed E-state index contributed by atoms with van der Waals surface area (Å²) in [4.78, 5) is 12.9. The van der Waals surface area contributed by atoms with Gasteiger partial charge >= 0.3 is 0 Å². The highest BCUT2D eigenvalue weighted by atomic mass is 79.9. The molecule has 3 nitrogen and oxygen atoms in total. The van der Waals surface area contributed by atoms with Gasteiger partial charge in [0.15, 0.2) is 0 Å². The molecule has 0 atom stereocenters. The highest BCUT2D eigenvalue weighted by molar-refractivity contribution is 9.10. The SMILES string of the molecule is Nc1cccc(CC(=O)NCc2sccc2Br)c1. The van der Waals surface area contributed by atoms with Crippen molar-refractivity contribution in [3.63, 3.8) is 0 Å². The first-order valence-corrected chi connectivity index (χ1v) is 7.15. The first-order valence-electron chi connectivity index (χ1n) is 5.48. The fraction of sp³-hybridized carbons (Fsp3) is 0.154. The lowest BCUT2D eigenvalue weighted by atomic mass is 10.1. The van der Waals surface area contributed by atoms with Gasteiger partial charge in [0, 0.05) is 15.0 Å². The number of hydrogen-bond donors (Lipinski definition) is 2. The average Bonchev–Trinajstić information content (AvgIpc) is 2.72. The summed E-state index contributed by atoms with van der Waals surface area (Å²) in [6, 6.07) is 9.36. The number of nitrogen functional groups attached to an aromatic ring is 1. The van der Waals surface area contributed by atoms with Crippen LogP contribution in [0.3, 0.4) is 0 Å². The number of anilines is 1. The molecule has 0 radical (unpaired) electrons. The molecule has 0 fully saturated rings. The minimum Gasteiger partial charge on any atom is -0.399 e. The van der Waals surface area contributed by atoms with Crippen molar-refractivity contribution in [1.29, 1.82) is 0 Å². The first kappa shape index (κ1) is 13.1. The molecule has 94 valence electrons. The van der Waals surface area contributed by atoms with Crippen LogP contribution in [0.5, 0.6) is 0 Å². The summed E-state index contributed by atoms with van der Waals surface area (Å²) in [6.45, 7) is 0.555. The number of halogens is 1. The van der Waals surface area contributed by atoms with Crippen molar-refractivity contribution in [3.8, 4) is 0 Å². The zero-order valence-electron chi connectivity index (χ0n) is 9.65. The molecule has 2 aromatic rings. The Balaban J connectivity index is 1.88. The Bertz CT molecular complexity index is 553. The van der Waals surface area contributed by atoms with Crippen LogP contribution in [-0.4, -0.2) is 5.91 Å². The van der Waals surface area contributed by atoms with Crippen molar-refractivity contribution in [2.75, 3.05) is 5.73 Å². The molecular weight excluding hydrogens is 312 g/mol. The van der Waals surface area contributed by atoms with Gasteiger partial charge < -0.3 is 11.1 Å². The van der Waals surface area contributed by atoms with Crippen LogP contribution in [0, 0.1) is 0 Å². The van der Waals surface area contributed by atoms with Crippen LogP contribution >= 0.6 is 27.3 Å². The van der Waals surface area contributed by atoms with E-state index in [0.717, 1.165) is 14.9 Å². The van der Waals surface area contributed by atoms with E-state index in [2.05, 4.69) is 21.2 Å². The monoisotopic (exact) mass is 324 g/mol. The molecule has 0 saturated heterocycles. The molecule has 1 heterocycles. The first-order chi connectivity index (χ1) is 8.65. The summed E-state index contributed by atoms with van der Waals surface area (Å²) in [5.74, 6) is 0.000833. The topological polar surface area (TPSA) is 55.1 Å². The van der Waals surface area contributed by atoms with E-state index in [1.54, 1.807) is 11.3 Å². The molecule has 0 saturated carbocycles. The van der Waals surface area contributed by atoms with Crippen LogP contribution < -0.4 is 11.1 Å². The molecule has 3 N–H and O–H groups in total. The Morgan fingerprint density at radius 3 is 2.89 bits per heavy atom. The highest BCUT2D eigenvalue weighted by Gasteiger charge is 2.06. The number of rotatable bonds is 4. The second kappa shape index (κ2) is 6.02. The quantitative estimate of drug-likeness (QED) is 0.849. The van der Waals surface area contributed by atoms with E-state index in [9.17, 15) is 4.79 Å². The summed E-state index contributed by atoms with van der Waals surface area (Å²) in [5, 5.41) is 4.88. The van der Waals surface area contributed by atoms with Crippen LogP contribution in [0.2, 0.25) is 0 Å². The zero-order valence-corrected chi connectivity index (χ0v) is 12.1. The number of carbonyl (C=O) groups is 1. The van der Waals surface area contributed by atoms with Gasteiger partial charge in [0.2, 0.25) is 5.91 Å². The summed E-state index contributed by atoms with van der Waals surface area (Å²) in [7, 11) is 0. The van der Waals surface area contributed by atoms with Crippen LogP contribution in [0.15, 0.2) is 40.2 Å². The summed E-state index contributed by atoms with van der Waals surface area (Å²) in [6.07, 6.45) is 0.355. The van der Waals surface area contributed by atoms with E-state index in [0.29, 0.717) is 18.7 Å². The summed E-state index contributed by atoms with van der Waals surface area (Å²) in [5.41, 5.74) is 7.28. The van der Waals surface area contributed by atoms with Crippen LogP contribution in [0.4, 0.5) is 5.69 Å². The third-order valence-corrected chi connectivity index (χ3v) is 4.38. The molecule has 0 spiro atoms. The van der Waals surface area contributed by atoms with Crippen LogP contribution in [-0.2, 0) is 17.8 Å². The number of benzene rings is 1. The maximum Gasteiger partial charge on any atom is 0.224 e. The van der Waals surface area contributed by atoms with Crippen molar-refractivity contribution in [2.45, 2.75) is 13.0 Å². The van der Waals surface area contributed by atoms with Gasteiger partial charge in [-0.3, -0.25) is 4.79 Å². The molecule has 0 aliphatic heterocycles. The maximum atomic E-state index is 11.8. The number of amides is 1. The molecule has 1 aromatic carbocycles. The number of hydrogen-bond acceptors (Lipinski definition) is 3. The molecule has 2 rings (SSSR count). The molecule has 1 aromatic heterocycles. The van der Waals surface area contributed by atoms with Crippen molar-refractivity contribution < 1.29 is 4.79 Å². The van der Waals surface area contributed by atoms with Gasteiger partial charge in [0.25, 0.3) is 0 Å². The van der Waals surface area contributed by atoms with E-state index in [4.69, 9.17) is 5.73 Å². The Kier molecular flexibility index (Phi) is 4.38. The molecule has 18 heavy (non-hydrogen) atoms. The highest BCUT2D eigenvalue weighted by Crippen LogP contribution is 2.22. The Morgan fingerprint density at radius 2 is 2.22 bits per heavy atom. The summed E-state index contributed by atoms with van der Waals surface area (Å²) < 4.78 is 1.04. The normalized spacial score (nSPS) is 10.3. The molecular formula is C13H13BrN2OS. The predicted molar refractivity (Wildman–Crippen MR) is 78.4 cm³/mol. The Hall–Kier alpha value is -1.33. The van der Waals surface area contributed by atoms with Gasteiger partial charge in [0.05, 0.1) is 13.0 Å². The minimum atomic E-state index is 0.000833. The second-order valence-electron chi connectivity index (χ2n) is 3.89. The Labute approximate surface area is 118 Å². The number of nitrogens with two attached hydrogens (primary N) is 1. The number of nitrogens with one attached hydrogen (secondary N) is 1. The summed E-state index contributed by atoms with van der Waals surface area (Å²) >= 11 is 5.05. The van der Waals surface area contributed by atoms with E-state index < -0.39 is 0 Å². The largest absolute Gasteiger partial charge is 0.399 e. The molecule has 0 aliphatic carbocycles. The van der Waals surface area contributed by atoms with Gasteiger partial charge in [0.1, 0.15) is 0 Å². The smallest absolute Gasteiger partial charge is 0.224 e.